The quantitative estimate of drug-likeness (QED) is 0.905. The second-order valence-corrected chi connectivity index (χ2v) is 4.54. The molecule has 0 amide bonds. The van der Waals surface area contributed by atoms with Crippen molar-refractivity contribution in [3.63, 3.8) is 0 Å². The van der Waals surface area contributed by atoms with Crippen LogP contribution in [0.25, 0.3) is 11.3 Å². The topological polar surface area (TPSA) is 43.8 Å². The lowest BCUT2D eigenvalue weighted by atomic mass is 10.1. The summed E-state index contributed by atoms with van der Waals surface area (Å²) in [6.45, 7) is 0. The SMILES string of the molecule is Nc1c(-c2cccc(C(F)F)c2)ncn1C1CC1. The van der Waals surface area contributed by atoms with E-state index in [2.05, 4.69) is 4.98 Å². The van der Waals surface area contributed by atoms with E-state index < -0.39 is 6.43 Å². The molecule has 18 heavy (non-hydrogen) atoms. The smallest absolute Gasteiger partial charge is 0.263 e. The molecule has 0 aliphatic heterocycles. The first-order valence-electron chi connectivity index (χ1n) is 5.87. The first kappa shape index (κ1) is 11.2. The number of hydrogen-bond acceptors (Lipinski definition) is 2. The van der Waals surface area contributed by atoms with Crippen LogP contribution < -0.4 is 5.73 Å². The van der Waals surface area contributed by atoms with E-state index in [1.54, 1.807) is 18.5 Å². The molecule has 2 N–H and O–H groups in total. The number of imidazole rings is 1. The molecule has 1 aromatic heterocycles. The van der Waals surface area contributed by atoms with Gasteiger partial charge in [0.05, 0.1) is 6.33 Å². The summed E-state index contributed by atoms with van der Waals surface area (Å²) in [5, 5.41) is 0. The van der Waals surface area contributed by atoms with Crippen LogP contribution in [0.5, 0.6) is 0 Å². The largest absolute Gasteiger partial charge is 0.383 e. The summed E-state index contributed by atoms with van der Waals surface area (Å²) >= 11 is 0. The van der Waals surface area contributed by atoms with Crippen LogP contribution >= 0.6 is 0 Å². The van der Waals surface area contributed by atoms with Gasteiger partial charge in [0.2, 0.25) is 0 Å². The summed E-state index contributed by atoms with van der Waals surface area (Å²) in [7, 11) is 0. The number of anilines is 1. The number of halogens is 2. The van der Waals surface area contributed by atoms with Crippen molar-refractivity contribution in [1.82, 2.24) is 9.55 Å². The van der Waals surface area contributed by atoms with Crippen molar-refractivity contribution in [2.75, 3.05) is 5.73 Å². The number of nitrogens with zero attached hydrogens (tertiary/aromatic N) is 2. The Balaban J connectivity index is 2.01. The average molecular weight is 249 g/mol. The van der Waals surface area contributed by atoms with Crippen LogP contribution in [0, 0.1) is 0 Å². The number of aromatic nitrogens is 2. The monoisotopic (exact) mass is 249 g/mol. The van der Waals surface area contributed by atoms with Gasteiger partial charge < -0.3 is 10.3 Å². The van der Waals surface area contributed by atoms with E-state index in [1.807, 2.05) is 4.57 Å². The minimum absolute atomic E-state index is 0.00660. The summed E-state index contributed by atoms with van der Waals surface area (Å²) in [5.74, 6) is 0.559. The fraction of sp³-hybridized carbons (Fsp3) is 0.308. The molecule has 1 aliphatic carbocycles. The summed E-state index contributed by atoms with van der Waals surface area (Å²) in [6.07, 6.45) is 1.43. The summed E-state index contributed by atoms with van der Waals surface area (Å²) in [4.78, 5) is 4.24. The Morgan fingerprint density at radius 2 is 2.11 bits per heavy atom. The second-order valence-electron chi connectivity index (χ2n) is 4.54. The Labute approximate surface area is 103 Å². The van der Waals surface area contributed by atoms with Gasteiger partial charge in [-0.3, -0.25) is 0 Å². The highest BCUT2D eigenvalue weighted by atomic mass is 19.3. The first-order valence-corrected chi connectivity index (χ1v) is 5.87. The number of alkyl halides is 2. The lowest BCUT2D eigenvalue weighted by Gasteiger charge is -2.05. The lowest BCUT2D eigenvalue weighted by molar-refractivity contribution is 0.151. The number of hydrogen-bond donors (Lipinski definition) is 1. The molecule has 1 aromatic carbocycles. The van der Waals surface area contributed by atoms with E-state index in [1.165, 1.54) is 12.1 Å². The van der Waals surface area contributed by atoms with Gasteiger partial charge in [-0.2, -0.15) is 0 Å². The van der Waals surface area contributed by atoms with Crippen LogP contribution in [-0.2, 0) is 0 Å². The van der Waals surface area contributed by atoms with Crippen LogP contribution in [0.2, 0.25) is 0 Å². The molecule has 3 nitrogen and oxygen atoms in total. The van der Waals surface area contributed by atoms with Crippen molar-refractivity contribution >= 4 is 5.82 Å². The van der Waals surface area contributed by atoms with Crippen molar-refractivity contribution in [2.45, 2.75) is 25.3 Å². The fourth-order valence-corrected chi connectivity index (χ4v) is 2.06. The van der Waals surface area contributed by atoms with E-state index in [0.29, 0.717) is 23.1 Å². The molecule has 1 fully saturated rings. The third-order valence-corrected chi connectivity index (χ3v) is 3.18. The third kappa shape index (κ3) is 1.85. The summed E-state index contributed by atoms with van der Waals surface area (Å²) < 4.78 is 27.2. The van der Waals surface area contributed by atoms with Crippen molar-refractivity contribution < 1.29 is 8.78 Å². The standard InChI is InChI=1S/C13H13F2N3/c14-12(15)9-3-1-2-8(6-9)11-13(16)18(7-17-11)10-4-5-10/h1-3,6-7,10,12H,4-5,16H2. The molecule has 0 atom stereocenters. The van der Waals surface area contributed by atoms with Gasteiger partial charge in [-0.25, -0.2) is 13.8 Å². The molecule has 1 heterocycles. The zero-order valence-electron chi connectivity index (χ0n) is 9.68. The van der Waals surface area contributed by atoms with Crippen LogP contribution in [0.1, 0.15) is 30.9 Å². The van der Waals surface area contributed by atoms with Gasteiger partial charge in [0, 0.05) is 17.2 Å². The predicted octanol–water partition coefficient (Wildman–Crippen LogP) is 3.40. The zero-order chi connectivity index (χ0) is 12.7. The molecule has 0 unspecified atom stereocenters. The highest BCUT2D eigenvalue weighted by Crippen LogP contribution is 2.39. The minimum atomic E-state index is -2.48. The summed E-state index contributed by atoms with van der Waals surface area (Å²) in [6, 6.07) is 6.64. The van der Waals surface area contributed by atoms with Crippen molar-refractivity contribution in [1.29, 1.82) is 0 Å². The van der Waals surface area contributed by atoms with E-state index in [0.717, 1.165) is 12.8 Å². The van der Waals surface area contributed by atoms with Crippen LogP contribution in [0.3, 0.4) is 0 Å². The number of benzene rings is 1. The molecule has 94 valence electrons. The maximum absolute atomic E-state index is 12.6. The van der Waals surface area contributed by atoms with Crippen LogP contribution in [-0.4, -0.2) is 9.55 Å². The molecule has 1 aliphatic rings. The Hall–Kier alpha value is -1.91. The zero-order valence-corrected chi connectivity index (χ0v) is 9.68. The molecule has 5 heteroatoms. The van der Waals surface area contributed by atoms with Crippen molar-refractivity contribution in [3.8, 4) is 11.3 Å². The Morgan fingerprint density at radius 1 is 1.33 bits per heavy atom. The van der Waals surface area contributed by atoms with Crippen LogP contribution in [0.15, 0.2) is 30.6 Å². The van der Waals surface area contributed by atoms with E-state index in [9.17, 15) is 8.78 Å². The number of rotatable bonds is 3. The molecule has 1 saturated carbocycles. The average Bonchev–Trinajstić information content (AvgIpc) is 3.13. The minimum Gasteiger partial charge on any atom is -0.383 e. The van der Waals surface area contributed by atoms with Gasteiger partial charge in [0.1, 0.15) is 11.5 Å². The van der Waals surface area contributed by atoms with Gasteiger partial charge >= 0.3 is 0 Å². The lowest BCUT2D eigenvalue weighted by Crippen LogP contribution is -1.99. The van der Waals surface area contributed by atoms with Gasteiger partial charge in [-0.15, -0.1) is 0 Å². The molecule has 2 aromatic rings. The van der Waals surface area contributed by atoms with Crippen molar-refractivity contribution in [3.05, 3.63) is 36.2 Å². The van der Waals surface area contributed by atoms with Crippen molar-refractivity contribution in [2.24, 2.45) is 0 Å². The normalized spacial score (nSPS) is 15.3. The highest BCUT2D eigenvalue weighted by Gasteiger charge is 2.26. The van der Waals surface area contributed by atoms with Gasteiger partial charge in [0.15, 0.2) is 0 Å². The van der Waals surface area contributed by atoms with E-state index in [-0.39, 0.29) is 5.56 Å². The van der Waals surface area contributed by atoms with E-state index >= 15 is 0 Å². The molecule has 0 saturated heterocycles. The maximum Gasteiger partial charge on any atom is 0.263 e. The second kappa shape index (κ2) is 4.08. The fourth-order valence-electron chi connectivity index (χ4n) is 2.06. The highest BCUT2D eigenvalue weighted by molar-refractivity contribution is 5.71. The predicted molar refractivity (Wildman–Crippen MR) is 65.3 cm³/mol. The van der Waals surface area contributed by atoms with Crippen LogP contribution in [0.4, 0.5) is 14.6 Å². The first-order chi connectivity index (χ1) is 8.66. The number of nitrogens with two attached hydrogens (primary N) is 1. The Morgan fingerprint density at radius 3 is 2.78 bits per heavy atom. The molecular formula is C13H13F2N3. The third-order valence-electron chi connectivity index (χ3n) is 3.18. The number of nitrogen functional groups attached to an aromatic ring is 1. The molecule has 0 radical (unpaired) electrons. The molecule has 0 spiro atoms. The molecular weight excluding hydrogens is 236 g/mol. The van der Waals surface area contributed by atoms with Gasteiger partial charge in [-0.1, -0.05) is 18.2 Å². The Kier molecular flexibility index (Phi) is 2.54. The van der Waals surface area contributed by atoms with Gasteiger partial charge in [0.25, 0.3) is 6.43 Å². The maximum atomic E-state index is 12.6. The van der Waals surface area contributed by atoms with E-state index in [4.69, 9.17) is 5.73 Å². The Bertz CT molecular complexity index is 573. The molecule has 3 rings (SSSR count). The van der Waals surface area contributed by atoms with Gasteiger partial charge in [-0.05, 0) is 18.9 Å². The summed E-state index contributed by atoms with van der Waals surface area (Å²) in [5.41, 5.74) is 7.24. The molecule has 0 bridgehead atoms.